The molecule has 2 heterocycles. The highest BCUT2D eigenvalue weighted by molar-refractivity contribution is 14.2. The van der Waals surface area contributed by atoms with Gasteiger partial charge in [-0.3, -0.25) is 4.99 Å². The van der Waals surface area contributed by atoms with E-state index in [1.807, 2.05) is 64.3 Å². The Labute approximate surface area is 203 Å². The van der Waals surface area contributed by atoms with Crippen molar-refractivity contribution in [1.82, 2.24) is 14.5 Å². The molecule has 1 N–H and O–H groups in total. The van der Waals surface area contributed by atoms with Gasteiger partial charge in [0.1, 0.15) is 10.8 Å². The van der Waals surface area contributed by atoms with Gasteiger partial charge in [0.25, 0.3) is 6.43 Å². The summed E-state index contributed by atoms with van der Waals surface area (Å²) in [6.07, 6.45) is 3.19. The third kappa shape index (κ3) is 5.85. The Bertz CT molecular complexity index is 1080. The summed E-state index contributed by atoms with van der Waals surface area (Å²) in [7, 11) is 1.92. The Morgan fingerprint density at radius 2 is 2.16 bits per heavy atom. The van der Waals surface area contributed by atoms with E-state index in [4.69, 9.17) is 11.6 Å². The fourth-order valence-corrected chi connectivity index (χ4v) is 5.39. The van der Waals surface area contributed by atoms with E-state index in [1.165, 1.54) is 4.67 Å². The molecule has 0 fully saturated rings. The van der Waals surface area contributed by atoms with Crippen LogP contribution in [-0.2, 0) is 7.05 Å². The first-order valence-corrected chi connectivity index (χ1v) is 14.5. The molecule has 0 bridgehead atoms. The molecule has 164 valence electrons. The van der Waals surface area contributed by atoms with Gasteiger partial charge in [0.2, 0.25) is 0 Å². The second-order valence-electron chi connectivity index (χ2n) is 6.37. The van der Waals surface area contributed by atoms with E-state index in [2.05, 4.69) is 27.0 Å². The maximum absolute atomic E-state index is 13.0. The van der Waals surface area contributed by atoms with E-state index < -0.39 is 13.0 Å². The van der Waals surface area contributed by atoms with Crippen LogP contribution in [0.5, 0.6) is 0 Å². The molecular formula is C19H19ClF2IN6PS. The van der Waals surface area contributed by atoms with Crippen molar-refractivity contribution in [2.75, 3.05) is 22.8 Å². The Hall–Kier alpha value is -1.49. The van der Waals surface area contributed by atoms with Crippen LogP contribution in [0.2, 0.25) is 5.15 Å². The van der Waals surface area contributed by atoms with Gasteiger partial charge in [0.05, 0.1) is 29.9 Å². The molecule has 31 heavy (non-hydrogen) atoms. The van der Waals surface area contributed by atoms with Crippen molar-refractivity contribution in [2.24, 2.45) is 12.0 Å². The number of benzene rings is 1. The maximum atomic E-state index is 13.0. The molecule has 0 spiro atoms. The number of hydrogen-bond acceptors (Lipinski definition) is 6. The molecule has 0 aliphatic heterocycles. The smallest absolute Gasteiger partial charge is 0.256 e. The molecule has 0 saturated heterocycles. The van der Waals surface area contributed by atoms with Crippen molar-refractivity contribution >= 4 is 81.4 Å². The summed E-state index contributed by atoms with van der Waals surface area (Å²) in [6.45, 7) is 3.15. The van der Waals surface area contributed by atoms with Gasteiger partial charge in [0.15, 0.2) is 5.82 Å². The van der Waals surface area contributed by atoms with Gasteiger partial charge in [-0.25, -0.2) is 18.7 Å². The van der Waals surface area contributed by atoms with E-state index in [0.717, 1.165) is 21.8 Å². The van der Waals surface area contributed by atoms with Crippen LogP contribution in [0.1, 0.15) is 0 Å². The van der Waals surface area contributed by atoms with Crippen LogP contribution in [-0.4, -0.2) is 40.5 Å². The number of nitrogens with one attached hydrogen (secondary N) is 1. The number of hydrogen-bond donors (Lipinski definition) is 1. The zero-order valence-electron chi connectivity index (χ0n) is 16.6. The van der Waals surface area contributed by atoms with E-state index in [0.29, 0.717) is 11.4 Å². The van der Waals surface area contributed by atoms with E-state index in [9.17, 15) is 8.78 Å². The molecule has 0 aliphatic rings. The minimum absolute atomic E-state index is 0.0347. The van der Waals surface area contributed by atoms with Crippen LogP contribution in [0.15, 0.2) is 46.7 Å². The Balaban J connectivity index is 2.01. The van der Waals surface area contributed by atoms with Crippen molar-refractivity contribution in [1.29, 1.82) is 0 Å². The number of aromatic nitrogens is 3. The van der Waals surface area contributed by atoms with Gasteiger partial charge in [-0.15, -0.1) is 11.8 Å². The SMILES string of the molecule is C=Nc1c(Nc2ccc(-c3cn(C)cn3)cc2SC)cc(Cl)nc1N(CC(F)F)PI. The normalized spacial score (nSPS) is 11.5. The van der Waals surface area contributed by atoms with Crippen LogP contribution in [0.25, 0.3) is 11.3 Å². The van der Waals surface area contributed by atoms with Gasteiger partial charge in [0, 0.05) is 36.1 Å². The highest BCUT2D eigenvalue weighted by Crippen LogP contribution is 2.44. The molecule has 1 atom stereocenters. The zero-order chi connectivity index (χ0) is 22.5. The van der Waals surface area contributed by atoms with Crippen LogP contribution >= 0.6 is 51.8 Å². The summed E-state index contributed by atoms with van der Waals surface area (Å²) >= 11 is 9.82. The summed E-state index contributed by atoms with van der Waals surface area (Å²) in [6, 6.07) is 7.55. The molecule has 3 rings (SSSR count). The fourth-order valence-electron chi connectivity index (χ4n) is 2.89. The molecule has 0 saturated carbocycles. The average Bonchev–Trinajstić information content (AvgIpc) is 3.18. The number of imidazole rings is 1. The van der Waals surface area contributed by atoms with Gasteiger partial charge >= 0.3 is 0 Å². The highest BCUT2D eigenvalue weighted by atomic mass is 127. The molecule has 0 amide bonds. The first kappa shape index (κ1) is 24.2. The lowest BCUT2D eigenvalue weighted by atomic mass is 10.1. The fraction of sp³-hybridized carbons (Fsp3) is 0.211. The lowest BCUT2D eigenvalue weighted by Crippen LogP contribution is -2.20. The van der Waals surface area contributed by atoms with Gasteiger partial charge < -0.3 is 14.6 Å². The molecule has 12 heteroatoms. The average molecular weight is 595 g/mol. The number of rotatable bonds is 9. The quantitative estimate of drug-likeness (QED) is 0.0956. The van der Waals surface area contributed by atoms with Crippen LogP contribution < -0.4 is 9.99 Å². The summed E-state index contributed by atoms with van der Waals surface area (Å²) in [5, 5.41) is 3.50. The van der Waals surface area contributed by atoms with Crippen LogP contribution in [0.4, 0.5) is 31.7 Å². The monoisotopic (exact) mass is 594 g/mol. The second-order valence-corrected chi connectivity index (χ2v) is 9.76. The lowest BCUT2D eigenvalue weighted by Gasteiger charge is -2.23. The third-order valence-electron chi connectivity index (χ3n) is 4.25. The number of nitrogens with zero attached hydrogens (tertiary/aromatic N) is 5. The molecule has 0 radical (unpaired) electrons. The van der Waals surface area contributed by atoms with Crippen molar-refractivity contribution in [3.63, 3.8) is 0 Å². The number of halogens is 4. The predicted molar refractivity (Wildman–Crippen MR) is 138 cm³/mol. The van der Waals surface area contributed by atoms with Gasteiger partial charge in [-0.1, -0.05) is 17.7 Å². The number of anilines is 3. The third-order valence-corrected chi connectivity index (χ3v) is 7.57. The summed E-state index contributed by atoms with van der Waals surface area (Å²) in [4.78, 5) is 13.7. The summed E-state index contributed by atoms with van der Waals surface area (Å²) in [5.41, 5.74) is 3.59. The first-order valence-electron chi connectivity index (χ1n) is 8.88. The molecular weight excluding hydrogens is 576 g/mol. The van der Waals surface area contributed by atoms with Crippen molar-refractivity contribution in [3.05, 3.63) is 41.9 Å². The van der Waals surface area contributed by atoms with E-state index in [1.54, 1.807) is 24.2 Å². The molecule has 6 nitrogen and oxygen atoms in total. The van der Waals surface area contributed by atoms with Crippen LogP contribution in [0, 0.1) is 0 Å². The van der Waals surface area contributed by atoms with Gasteiger partial charge in [-0.2, -0.15) is 0 Å². The lowest BCUT2D eigenvalue weighted by molar-refractivity contribution is 0.159. The first-order chi connectivity index (χ1) is 14.9. The number of aliphatic imine (C=N–C) groups is 1. The molecule has 3 aromatic rings. The Morgan fingerprint density at radius 1 is 1.39 bits per heavy atom. The van der Waals surface area contributed by atoms with E-state index >= 15 is 0 Å². The van der Waals surface area contributed by atoms with Gasteiger partial charge in [-0.05, 0) is 47.1 Å². The minimum atomic E-state index is -2.51. The topological polar surface area (TPSA) is 58.3 Å². The summed E-state index contributed by atoms with van der Waals surface area (Å²) in [5.74, 6) is 0.272. The van der Waals surface area contributed by atoms with E-state index in [-0.39, 0.29) is 17.3 Å². The number of alkyl halides is 2. The number of thioether (sulfide) groups is 1. The second kappa shape index (κ2) is 10.9. The largest absolute Gasteiger partial charge is 0.353 e. The number of pyridine rings is 1. The number of aryl methyl sites for hydroxylation is 1. The molecule has 1 unspecified atom stereocenters. The van der Waals surface area contributed by atoms with Crippen LogP contribution in [0.3, 0.4) is 0 Å². The molecule has 1 aromatic carbocycles. The van der Waals surface area contributed by atoms with Crippen molar-refractivity contribution in [3.8, 4) is 11.3 Å². The maximum Gasteiger partial charge on any atom is 0.256 e. The Morgan fingerprint density at radius 3 is 2.74 bits per heavy atom. The zero-order valence-corrected chi connectivity index (χ0v) is 21.3. The predicted octanol–water partition coefficient (Wildman–Crippen LogP) is 6.95. The molecule has 2 aromatic heterocycles. The highest BCUT2D eigenvalue weighted by Gasteiger charge is 2.21. The van der Waals surface area contributed by atoms with Crippen molar-refractivity contribution in [2.45, 2.75) is 11.3 Å². The van der Waals surface area contributed by atoms with Crippen molar-refractivity contribution < 1.29 is 8.78 Å². The standard InChI is InChI=1S/C19H19ClF2IN6PS/c1-24-18-13(7-16(20)27-19(18)29(30-23)9-17(21)22)26-12-5-4-11(6-15(12)31-3)14-8-28(2)10-25-14/h4-8,10,17,30H,1,9H2,2-3H3,(H,26,27). The minimum Gasteiger partial charge on any atom is -0.353 e. The molecule has 0 aliphatic carbocycles. The Kier molecular flexibility index (Phi) is 8.49. The summed E-state index contributed by atoms with van der Waals surface area (Å²) < 4.78 is 29.4.